The number of alkyl halides is 3. The first kappa shape index (κ1) is 22.6. The molecule has 0 spiro atoms. The van der Waals surface area contributed by atoms with Crippen LogP contribution in [0.25, 0.3) is 0 Å². The summed E-state index contributed by atoms with van der Waals surface area (Å²) in [5.41, 5.74) is 0. The first-order chi connectivity index (χ1) is 15.2. The Kier molecular flexibility index (Phi) is 6.42. The number of hydrogen-bond acceptors (Lipinski definition) is 7. The van der Waals surface area contributed by atoms with E-state index >= 15 is 0 Å². The van der Waals surface area contributed by atoms with E-state index in [2.05, 4.69) is 19.6 Å². The number of anilines is 2. The molecule has 2 fully saturated rings. The Bertz CT molecular complexity index is 1040. The number of piperazine rings is 1. The smallest absolute Gasteiger partial charge is 0.404 e. The first-order valence-electron chi connectivity index (χ1n) is 10.4. The highest BCUT2D eigenvalue weighted by Crippen LogP contribution is 2.32. The van der Waals surface area contributed by atoms with Gasteiger partial charge in [0.1, 0.15) is 28.6 Å². The van der Waals surface area contributed by atoms with Crippen molar-refractivity contribution in [3.63, 3.8) is 0 Å². The van der Waals surface area contributed by atoms with Crippen molar-refractivity contribution in [3.05, 3.63) is 36.7 Å². The summed E-state index contributed by atoms with van der Waals surface area (Å²) in [5.74, 6) is 0.825. The van der Waals surface area contributed by atoms with Crippen LogP contribution in [0.15, 0.2) is 41.6 Å². The number of nitrogens with zero attached hydrogens (tertiary/aromatic N) is 5. The van der Waals surface area contributed by atoms with Gasteiger partial charge in [-0.15, -0.1) is 13.2 Å². The summed E-state index contributed by atoms with van der Waals surface area (Å²) in [7, 11) is -4.16. The van der Waals surface area contributed by atoms with Crippen molar-refractivity contribution in [2.75, 3.05) is 49.1 Å². The SMILES string of the molecule is O=S(=O)(c1ccccc1OC(F)(F)F)N1CCN(c2cc(N3CCCCC3)ncn2)CC1. The van der Waals surface area contributed by atoms with Gasteiger partial charge in [0.2, 0.25) is 10.0 Å². The predicted octanol–water partition coefficient (Wildman–Crippen LogP) is 2.88. The second kappa shape index (κ2) is 9.10. The molecule has 8 nitrogen and oxygen atoms in total. The highest BCUT2D eigenvalue weighted by Gasteiger charge is 2.36. The lowest BCUT2D eigenvalue weighted by molar-refractivity contribution is -0.275. The van der Waals surface area contributed by atoms with E-state index in [9.17, 15) is 21.6 Å². The van der Waals surface area contributed by atoms with Gasteiger partial charge in [0.05, 0.1) is 0 Å². The van der Waals surface area contributed by atoms with Gasteiger partial charge in [-0.25, -0.2) is 18.4 Å². The third-order valence-electron chi connectivity index (χ3n) is 5.57. The maximum atomic E-state index is 13.0. The van der Waals surface area contributed by atoms with E-state index in [0.29, 0.717) is 18.9 Å². The Labute approximate surface area is 184 Å². The van der Waals surface area contributed by atoms with Crippen LogP contribution in [-0.4, -0.2) is 68.3 Å². The number of sulfonamides is 1. The fourth-order valence-electron chi connectivity index (χ4n) is 3.97. The highest BCUT2D eigenvalue weighted by atomic mass is 32.2. The number of para-hydroxylation sites is 1. The summed E-state index contributed by atoms with van der Waals surface area (Å²) in [6.07, 6.45) is -0.0245. The second-order valence-corrected chi connectivity index (χ2v) is 9.57. The lowest BCUT2D eigenvalue weighted by Crippen LogP contribution is -2.49. The van der Waals surface area contributed by atoms with Gasteiger partial charge in [-0.3, -0.25) is 0 Å². The molecule has 4 rings (SSSR count). The molecule has 0 saturated carbocycles. The molecule has 0 atom stereocenters. The van der Waals surface area contributed by atoms with Crippen LogP contribution in [0.5, 0.6) is 5.75 Å². The fourth-order valence-corrected chi connectivity index (χ4v) is 5.51. The summed E-state index contributed by atoms with van der Waals surface area (Å²) >= 11 is 0. The van der Waals surface area contributed by atoms with Crippen LogP contribution in [0, 0.1) is 0 Å². The third-order valence-corrected chi connectivity index (χ3v) is 7.51. The van der Waals surface area contributed by atoms with Crippen molar-refractivity contribution in [2.24, 2.45) is 0 Å². The van der Waals surface area contributed by atoms with Crippen LogP contribution in [0.2, 0.25) is 0 Å². The molecule has 2 aromatic rings. The molecule has 0 amide bonds. The Morgan fingerprint density at radius 2 is 1.44 bits per heavy atom. The van der Waals surface area contributed by atoms with Crippen molar-refractivity contribution in [2.45, 2.75) is 30.5 Å². The minimum atomic E-state index is -4.98. The first-order valence-corrected chi connectivity index (χ1v) is 11.8. The van der Waals surface area contributed by atoms with Crippen LogP contribution in [-0.2, 0) is 10.0 Å². The second-order valence-electron chi connectivity index (χ2n) is 7.67. The molecule has 0 N–H and O–H groups in total. The number of piperidine rings is 1. The number of halogens is 3. The zero-order chi connectivity index (χ0) is 22.8. The Balaban J connectivity index is 1.46. The van der Waals surface area contributed by atoms with E-state index in [1.54, 1.807) is 0 Å². The lowest BCUT2D eigenvalue weighted by atomic mass is 10.1. The average molecular weight is 472 g/mol. The van der Waals surface area contributed by atoms with E-state index in [1.165, 1.54) is 29.2 Å². The minimum Gasteiger partial charge on any atom is -0.404 e. The summed E-state index contributed by atoms with van der Waals surface area (Å²) < 4.78 is 69.3. The van der Waals surface area contributed by atoms with E-state index in [4.69, 9.17) is 0 Å². The van der Waals surface area contributed by atoms with Gasteiger partial charge >= 0.3 is 6.36 Å². The van der Waals surface area contributed by atoms with Gasteiger partial charge < -0.3 is 14.5 Å². The van der Waals surface area contributed by atoms with Crippen molar-refractivity contribution in [1.82, 2.24) is 14.3 Å². The van der Waals surface area contributed by atoms with E-state index < -0.39 is 27.0 Å². The molecule has 2 aliphatic heterocycles. The number of benzene rings is 1. The Morgan fingerprint density at radius 1 is 0.844 bits per heavy atom. The molecular formula is C20H24F3N5O3S. The standard InChI is InChI=1S/C20H24F3N5O3S/c21-20(22,23)31-16-6-2-3-7-17(16)32(29,30)28-12-10-27(11-13-28)19-14-18(24-15-25-19)26-8-4-1-5-9-26/h2-3,6-7,14-15H,1,4-5,8-13H2. The third kappa shape index (κ3) is 5.07. The molecular weight excluding hydrogens is 447 g/mol. The van der Waals surface area contributed by atoms with Gasteiger partial charge in [-0.05, 0) is 31.4 Å². The maximum Gasteiger partial charge on any atom is 0.573 e. The molecule has 174 valence electrons. The molecule has 1 aromatic heterocycles. The number of ether oxygens (including phenoxy) is 1. The normalized spacial score (nSPS) is 18.6. The molecule has 1 aromatic carbocycles. The predicted molar refractivity (Wildman–Crippen MR) is 112 cm³/mol. The largest absolute Gasteiger partial charge is 0.573 e. The summed E-state index contributed by atoms with van der Waals surface area (Å²) in [6, 6.07) is 6.70. The quantitative estimate of drug-likeness (QED) is 0.664. The van der Waals surface area contributed by atoms with Crippen LogP contribution < -0.4 is 14.5 Å². The van der Waals surface area contributed by atoms with Crippen LogP contribution in [0.4, 0.5) is 24.8 Å². The summed E-state index contributed by atoms with van der Waals surface area (Å²) in [5, 5.41) is 0. The monoisotopic (exact) mass is 471 g/mol. The molecule has 2 saturated heterocycles. The van der Waals surface area contributed by atoms with Gasteiger partial charge in [0.15, 0.2) is 0 Å². The maximum absolute atomic E-state index is 13.0. The van der Waals surface area contributed by atoms with Crippen LogP contribution in [0.3, 0.4) is 0 Å². The van der Waals surface area contributed by atoms with Crippen LogP contribution >= 0.6 is 0 Å². The van der Waals surface area contributed by atoms with Crippen molar-refractivity contribution >= 4 is 21.7 Å². The molecule has 0 aliphatic carbocycles. The van der Waals surface area contributed by atoms with Gasteiger partial charge in [-0.2, -0.15) is 4.31 Å². The van der Waals surface area contributed by atoms with Gasteiger partial charge in [0, 0.05) is 45.3 Å². The zero-order valence-corrected chi connectivity index (χ0v) is 18.1. The Hall–Kier alpha value is -2.60. The lowest BCUT2D eigenvalue weighted by Gasteiger charge is -2.35. The average Bonchev–Trinajstić information content (AvgIpc) is 2.79. The zero-order valence-electron chi connectivity index (χ0n) is 17.3. The summed E-state index contributed by atoms with van der Waals surface area (Å²) in [4.78, 5) is 12.4. The molecule has 0 radical (unpaired) electrons. The molecule has 0 bridgehead atoms. The molecule has 3 heterocycles. The minimum absolute atomic E-state index is 0.117. The van der Waals surface area contributed by atoms with Crippen molar-refractivity contribution in [3.8, 4) is 5.75 Å². The summed E-state index contributed by atoms with van der Waals surface area (Å²) in [6.45, 7) is 2.84. The molecule has 2 aliphatic rings. The van der Waals surface area contributed by atoms with Gasteiger partial charge in [-0.1, -0.05) is 12.1 Å². The van der Waals surface area contributed by atoms with E-state index in [0.717, 1.165) is 43.9 Å². The number of rotatable bonds is 5. The number of hydrogen-bond donors (Lipinski definition) is 0. The Morgan fingerprint density at radius 3 is 2.06 bits per heavy atom. The highest BCUT2D eigenvalue weighted by molar-refractivity contribution is 7.89. The van der Waals surface area contributed by atoms with Crippen molar-refractivity contribution in [1.29, 1.82) is 0 Å². The van der Waals surface area contributed by atoms with Crippen LogP contribution in [0.1, 0.15) is 19.3 Å². The van der Waals surface area contributed by atoms with Gasteiger partial charge in [0.25, 0.3) is 0 Å². The molecule has 32 heavy (non-hydrogen) atoms. The molecule has 12 heteroatoms. The fraction of sp³-hybridized carbons (Fsp3) is 0.500. The number of aromatic nitrogens is 2. The van der Waals surface area contributed by atoms with E-state index in [1.807, 2.05) is 11.0 Å². The molecule has 0 unspecified atom stereocenters. The topological polar surface area (TPSA) is 78.9 Å². The van der Waals surface area contributed by atoms with E-state index in [-0.39, 0.29) is 13.1 Å². The van der Waals surface area contributed by atoms with Crippen molar-refractivity contribution < 1.29 is 26.3 Å².